The van der Waals surface area contributed by atoms with Gasteiger partial charge in [0, 0.05) is 17.5 Å². The molecule has 19 heavy (non-hydrogen) atoms. The summed E-state index contributed by atoms with van der Waals surface area (Å²) in [5, 5.41) is 3.60. The number of ether oxygens (including phenoxy) is 1. The van der Waals surface area contributed by atoms with Crippen LogP contribution in [0.2, 0.25) is 4.34 Å². The standard InChI is InChI=1S/C15H24ClNOS/c1-4-17-13(14-6-10(3)15(16)19-14)9-11-7-12(8-11)18-5-2/h6,11-13,17H,4-5,7-9H2,1-3H3. The first-order valence-electron chi connectivity index (χ1n) is 7.24. The van der Waals surface area contributed by atoms with Gasteiger partial charge in [-0.25, -0.2) is 0 Å². The second kappa shape index (κ2) is 7.07. The zero-order chi connectivity index (χ0) is 13.8. The second-order valence-electron chi connectivity index (χ2n) is 5.37. The third kappa shape index (κ3) is 3.94. The van der Waals surface area contributed by atoms with E-state index in [4.69, 9.17) is 16.3 Å². The highest BCUT2D eigenvalue weighted by Gasteiger charge is 2.32. The summed E-state index contributed by atoms with van der Waals surface area (Å²) in [5.41, 5.74) is 1.20. The van der Waals surface area contributed by atoms with Crippen LogP contribution in [0.1, 0.15) is 49.6 Å². The van der Waals surface area contributed by atoms with Gasteiger partial charge in [-0.15, -0.1) is 11.3 Å². The first-order valence-corrected chi connectivity index (χ1v) is 8.44. The van der Waals surface area contributed by atoms with Crippen molar-refractivity contribution in [2.75, 3.05) is 13.2 Å². The SMILES string of the molecule is CCNC(CC1CC(OCC)C1)c1cc(C)c(Cl)s1. The molecule has 1 saturated carbocycles. The lowest BCUT2D eigenvalue weighted by Gasteiger charge is -2.37. The molecule has 2 rings (SSSR count). The molecule has 2 nitrogen and oxygen atoms in total. The number of hydrogen-bond donors (Lipinski definition) is 1. The summed E-state index contributed by atoms with van der Waals surface area (Å²) < 4.78 is 6.57. The van der Waals surface area contributed by atoms with Crippen molar-refractivity contribution in [2.24, 2.45) is 5.92 Å². The molecule has 0 amide bonds. The van der Waals surface area contributed by atoms with E-state index in [1.165, 1.54) is 29.7 Å². The Morgan fingerprint density at radius 1 is 1.47 bits per heavy atom. The fourth-order valence-electron chi connectivity index (χ4n) is 2.77. The van der Waals surface area contributed by atoms with Gasteiger partial charge in [0.1, 0.15) is 0 Å². The molecule has 0 radical (unpaired) electrons. The van der Waals surface area contributed by atoms with Gasteiger partial charge < -0.3 is 10.1 Å². The van der Waals surface area contributed by atoms with E-state index in [0.29, 0.717) is 12.1 Å². The largest absolute Gasteiger partial charge is 0.378 e. The van der Waals surface area contributed by atoms with Gasteiger partial charge in [-0.05, 0) is 57.2 Å². The molecular formula is C15H24ClNOS. The number of halogens is 1. The monoisotopic (exact) mass is 301 g/mol. The van der Waals surface area contributed by atoms with E-state index in [1.807, 2.05) is 0 Å². The molecule has 1 heterocycles. The van der Waals surface area contributed by atoms with Crippen LogP contribution in [0.5, 0.6) is 0 Å². The Balaban J connectivity index is 1.90. The van der Waals surface area contributed by atoms with E-state index in [9.17, 15) is 0 Å². The van der Waals surface area contributed by atoms with Crippen molar-refractivity contribution in [2.45, 2.75) is 52.2 Å². The maximum Gasteiger partial charge on any atom is 0.0960 e. The Morgan fingerprint density at radius 2 is 2.21 bits per heavy atom. The molecule has 108 valence electrons. The quantitative estimate of drug-likeness (QED) is 0.797. The summed E-state index contributed by atoms with van der Waals surface area (Å²) in [6.07, 6.45) is 4.14. The van der Waals surface area contributed by atoms with E-state index in [2.05, 4.69) is 32.2 Å². The molecular weight excluding hydrogens is 278 g/mol. The minimum atomic E-state index is 0.453. The maximum atomic E-state index is 6.19. The molecule has 1 N–H and O–H groups in total. The number of aryl methyl sites for hydroxylation is 1. The fourth-order valence-corrected chi connectivity index (χ4v) is 4.08. The highest BCUT2D eigenvalue weighted by Crippen LogP contribution is 2.39. The molecule has 1 unspecified atom stereocenters. The molecule has 0 aliphatic heterocycles. The highest BCUT2D eigenvalue weighted by atomic mass is 35.5. The topological polar surface area (TPSA) is 21.3 Å². The van der Waals surface area contributed by atoms with E-state index in [0.717, 1.165) is 23.4 Å². The smallest absolute Gasteiger partial charge is 0.0960 e. The van der Waals surface area contributed by atoms with Crippen LogP contribution in [0.25, 0.3) is 0 Å². The summed E-state index contributed by atoms with van der Waals surface area (Å²) in [6, 6.07) is 2.69. The zero-order valence-electron chi connectivity index (χ0n) is 12.0. The van der Waals surface area contributed by atoms with Crippen LogP contribution in [0.3, 0.4) is 0 Å². The molecule has 0 aromatic carbocycles. The molecule has 4 heteroatoms. The van der Waals surface area contributed by atoms with Gasteiger partial charge in [-0.1, -0.05) is 18.5 Å². The Morgan fingerprint density at radius 3 is 2.74 bits per heavy atom. The Bertz CT molecular complexity index is 381. The van der Waals surface area contributed by atoms with Gasteiger partial charge in [-0.3, -0.25) is 0 Å². The van der Waals surface area contributed by atoms with Crippen LogP contribution in [-0.4, -0.2) is 19.3 Å². The molecule has 1 aromatic heterocycles. The average Bonchev–Trinajstić information content (AvgIpc) is 2.66. The lowest BCUT2D eigenvalue weighted by Crippen LogP contribution is -2.34. The average molecular weight is 302 g/mol. The lowest BCUT2D eigenvalue weighted by molar-refractivity contribution is -0.0290. The number of thiophene rings is 1. The molecule has 0 bridgehead atoms. The van der Waals surface area contributed by atoms with Crippen molar-refractivity contribution in [3.8, 4) is 0 Å². The highest BCUT2D eigenvalue weighted by molar-refractivity contribution is 7.16. The minimum absolute atomic E-state index is 0.453. The summed E-state index contributed by atoms with van der Waals surface area (Å²) in [7, 11) is 0. The summed E-state index contributed by atoms with van der Waals surface area (Å²) >= 11 is 7.91. The normalized spacial score (nSPS) is 24.2. The minimum Gasteiger partial charge on any atom is -0.378 e. The third-order valence-electron chi connectivity index (χ3n) is 3.83. The number of rotatable bonds is 7. The predicted octanol–water partition coefficient (Wildman–Crippen LogP) is 4.57. The zero-order valence-corrected chi connectivity index (χ0v) is 13.6. The van der Waals surface area contributed by atoms with Crippen molar-refractivity contribution >= 4 is 22.9 Å². The fraction of sp³-hybridized carbons (Fsp3) is 0.733. The third-order valence-corrected chi connectivity index (χ3v) is 5.50. The molecule has 1 fully saturated rings. The lowest BCUT2D eigenvalue weighted by atomic mass is 9.78. The van der Waals surface area contributed by atoms with Crippen molar-refractivity contribution in [3.05, 3.63) is 20.8 Å². The van der Waals surface area contributed by atoms with Crippen molar-refractivity contribution in [1.29, 1.82) is 0 Å². The van der Waals surface area contributed by atoms with Crippen molar-refractivity contribution in [3.63, 3.8) is 0 Å². The Kier molecular flexibility index (Phi) is 5.70. The van der Waals surface area contributed by atoms with Gasteiger partial charge in [0.2, 0.25) is 0 Å². The molecule has 0 spiro atoms. The van der Waals surface area contributed by atoms with Crippen LogP contribution in [-0.2, 0) is 4.74 Å². The van der Waals surface area contributed by atoms with Crippen molar-refractivity contribution < 1.29 is 4.74 Å². The van der Waals surface area contributed by atoms with Crippen molar-refractivity contribution in [1.82, 2.24) is 5.32 Å². The van der Waals surface area contributed by atoms with Gasteiger partial charge in [-0.2, -0.15) is 0 Å². The molecule has 1 atom stereocenters. The summed E-state index contributed by atoms with van der Waals surface area (Å²) in [6.45, 7) is 8.17. The molecule has 0 saturated heterocycles. The molecule has 1 aliphatic rings. The van der Waals surface area contributed by atoms with Gasteiger partial charge in [0.05, 0.1) is 10.4 Å². The Hall–Kier alpha value is -0.0900. The van der Waals surface area contributed by atoms with Crippen LogP contribution in [0.15, 0.2) is 6.07 Å². The van der Waals surface area contributed by atoms with E-state index in [-0.39, 0.29) is 0 Å². The molecule has 1 aromatic rings. The van der Waals surface area contributed by atoms with E-state index < -0.39 is 0 Å². The van der Waals surface area contributed by atoms with Gasteiger partial charge in [0.15, 0.2) is 0 Å². The summed E-state index contributed by atoms with van der Waals surface area (Å²) in [4.78, 5) is 1.38. The molecule has 1 aliphatic carbocycles. The van der Waals surface area contributed by atoms with Gasteiger partial charge >= 0.3 is 0 Å². The predicted molar refractivity (Wildman–Crippen MR) is 83.2 cm³/mol. The van der Waals surface area contributed by atoms with Crippen LogP contribution >= 0.6 is 22.9 Å². The number of hydrogen-bond acceptors (Lipinski definition) is 3. The van der Waals surface area contributed by atoms with E-state index in [1.54, 1.807) is 11.3 Å². The van der Waals surface area contributed by atoms with E-state index >= 15 is 0 Å². The van der Waals surface area contributed by atoms with Gasteiger partial charge in [0.25, 0.3) is 0 Å². The maximum absolute atomic E-state index is 6.19. The number of nitrogens with one attached hydrogen (secondary N) is 1. The Labute approximate surface area is 125 Å². The van der Waals surface area contributed by atoms with Crippen LogP contribution in [0.4, 0.5) is 0 Å². The van der Waals surface area contributed by atoms with Crippen LogP contribution < -0.4 is 5.32 Å². The van der Waals surface area contributed by atoms with Crippen LogP contribution in [0, 0.1) is 12.8 Å². The first kappa shape index (κ1) is 15.3. The first-order chi connectivity index (χ1) is 9.13. The second-order valence-corrected chi connectivity index (χ2v) is 7.05. The summed E-state index contributed by atoms with van der Waals surface area (Å²) in [5.74, 6) is 0.793.